The smallest absolute Gasteiger partial charge is 0.387 e. The number of aliphatic hydroxyl groups excluding tert-OH is 1. The van der Waals surface area contributed by atoms with Crippen molar-refractivity contribution in [2.45, 2.75) is 12.7 Å². The van der Waals surface area contributed by atoms with Gasteiger partial charge < -0.3 is 9.84 Å². The Balaban J connectivity index is 2.96. The molecule has 0 amide bonds. The highest BCUT2D eigenvalue weighted by Crippen LogP contribution is 2.27. The summed E-state index contributed by atoms with van der Waals surface area (Å²) in [4.78, 5) is 0. The molecule has 0 aliphatic carbocycles. The molecule has 0 saturated carbocycles. The lowest BCUT2D eigenvalue weighted by Gasteiger charge is -2.14. The number of benzene rings is 1. The van der Waals surface area contributed by atoms with Crippen LogP contribution in [-0.2, 0) is 9.84 Å². The fraction of sp³-hybridized carbons (Fsp3) is 0.400. The minimum absolute atomic E-state index is 0.0261. The van der Waals surface area contributed by atoms with E-state index in [4.69, 9.17) is 0 Å². The van der Waals surface area contributed by atoms with E-state index in [2.05, 4.69) is 4.74 Å². The number of hydrogen-bond acceptors (Lipinski definition) is 4. The lowest BCUT2D eigenvalue weighted by molar-refractivity contribution is -0.0513. The summed E-state index contributed by atoms with van der Waals surface area (Å²) in [5.74, 6) is -0.769. The lowest BCUT2D eigenvalue weighted by Crippen LogP contribution is -2.14. The van der Waals surface area contributed by atoms with E-state index in [0.717, 1.165) is 6.26 Å². The van der Waals surface area contributed by atoms with E-state index in [-0.39, 0.29) is 11.3 Å². The molecule has 0 saturated heterocycles. The van der Waals surface area contributed by atoms with Crippen molar-refractivity contribution in [3.8, 4) is 5.75 Å². The maximum atomic E-state index is 12.1. The first-order valence-corrected chi connectivity index (χ1v) is 6.75. The van der Waals surface area contributed by atoms with E-state index in [1.54, 1.807) is 0 Å². The molecule has 1 atom stereocenters. The molecule has 1 aromatic carbocycles. The molecule has 1 unspecified atom stereocenters. The number of hydrogen-bond donors (Lipinski definition) is 1. The van der Waals surface area contributed by atoms with Crippen molar-refractivity contribution in [2.24, 2.45) is 0 Å². The summed E-state index contributed by atoms with van der Waals surface area (Å²) < 4.78 is 50.4. The van der Waals surface area contributed by atoms with Crippen LogP contribution in [0.3, 0.4) is 0 Å². The first-order chi connectivity index (χ1) is 7.79. The van der Waals surface area contributed by atoms with Crippen molar-refractivity contribution in [2.75, 3.05) is 12.0 Å². The molecule has 1 N–H and O–H groups in total. The highest BCUT2D eigenvalue weighted by Gasteiger charge is 2.19. The zero-order valence-corrected chi connectivity index (χ0v) is 9.82. The van der Waals surface area contributed by atoms with Crippen molar-refractivity contribution < 1.29 is 27.0 Å². The van der Waals surface area contributed by atoms with Crippen molar-refractivity contribution in [1.29, 1.82) is 0 Å². The second kappa shape index (κ2) is 5.42. The highest BCUT2D eigenvalue weighted by atomic mass is 32.2. The van der Waals surface area contributed by atoms with Crippen LogP contribution in [0.1, 0.15) is 11.7 Å². The monoisotopic (exact) mass is 266 g/mol. The molecular formula is C10H12F2O4S. The molecule has 0 aliphatic heterocycles. The third-order valence-electron chi connectivity index (χ3n) is 1.95. The predicted octanol–water partition coefficient (Wildman–Crippen LogP) is 1.37. The third-order valence-corrected chi connectivity index (χ3v) is 2.88. The SMILES string of the molecule is CS(=O)(=O)CC(O)c1ccccc1OC(F)F. The first-order valence-electron chi connectivity index (χ1n) is 4.69. The molecule has 4 nitrogen and oxygen atoms in total. The van der Waals surface area contributed by atoms with Crippen LogP contribution >= 0.6 is 0 Å². The molecule has 0 bridgehead atoms. The Labute approximate surface area is 97.8 Å². The molecular weight excluding hydrogens is 254 g/mol. The number of aliphatic hydroxyl groups is 1. The van der Waals surface area contributed by atoms with Crippen molar-refractivity contribution >= 4 is 9.84 Å². The van der Waals surface area contributed by atoms with Gasteiger partial charge in [-0.25, -0.2) is 8.42 Å². The summed E-state index contributed by atoms with van der Waals surface area (Å²) >= 11 is 0. The largest absolute Gasteiger partial charge is 0.434 e. The molecule has 0 heterocycles. The van der Waals surface area contributed by atoms with Crippen LogP contribution in [0.2, 0.25) is 0 Å². The van der Waals surface area contributed by atoms with Gasteiger partial charge in [-0.15, -0.1) is 0 Å². The Morgan fingerprint density at radius 2 is 1.94 bits per heavy atom. The van der Waals surface area contributed by atoms with Gasteiger partial charge in [0.05, 0.1) is 11.9 Å². The van der Waals surface area contributed by atoms with E-state index in [0.29, 0.717) is 0 Å². The van der Waals surface area contributed by atoms with Gasteiger partial charge >= 0.3 is 6.61 Å². The summed E-state index contributed by atoms with van der Waals surface area (Å²) in [6.45, 7) is -3.03. The number of rotatable bonds is 5. The van der Waals surface area contributed by atoms with Gasteiger partial charge in [-0.05, 0) is 6.07 Å². The standard InChI is InChI=1S/C10H12F2O4S/c1-17(14,15)6-8(13)7-4-2-3-5-9(7)16-10(11)12/h2-5,8,10,13H,6H2,1H3. The first kappa shape index (κ1) is 13.9. The minimum Gasteiger partial charge on any atom is -0.434 e. The van der Waals surface area contributed by atoms with Gasteiger partial charge in [0.15, 0.2) is 0 Å². The Bertz CT molecular complexity index is 473. The predicted molar refractivity (Wildman–Crippen MR) is 57.7 cm³/mol. The normalized spacial score (nSPS) is 13.7. The van der Waals surface area contributed by atoms with Gasteiger partial charge in [0.25, 0.3) is 0 Å². The van der Waals surface area contributed by atoms with Crippen molar-refractivity contribution in [3.05, 3.63) is 29.8 Å². The van der Waals surface area contributed by atoms with Gasteiger partial charge in [0.1, 0.15) is 15.6 Å². The average Bonchev–Trinajstić information content (AvgIpc) is 2.14. The fourth-order valence-corrected chi connectivity index (χ4v) is 2.09. The number of alkyl halides is 2. The van der Waals surface area contributed by atoms with Crippen LogP contribution in [0.15, 0.2) is 24.3 Å². The zero-order chi connectivity index (χ0) is 13.1. The van der Waals surface area contributed by atoms with E-state index in [1.165, 1.54) is 24.3 Å². The molecule has 7 heteroatoms. The molecule has 0 aliphatic rings. The van der Waals surface area contributed by atoms with Crippen LogP contribution in [0, 0.1) is 0 Å². The zero-order valence-electron chi connectivity index (χ0n) is 9.01. The average molecular weight is 266 g/mol. The van der Waals surface area contributed by atoms with E-state index in [9.17, 15) is 22.3 Å². The van der Waals surface area contributed by atoms with Crippen molar-refractivity contribution in [3.63, 3.8) is 0 Å². The number of para-hydroxylation sites is 1. The van der Waals surface area contributed by atoms with Gasteiger partial charge in [-0.2, -0.15) is 8.78 Å². The maximum Gasteiger partial charge on any atom is 0.387 e. The quantitative estimate of drug-likeness (QED) is 0.874. The van der Waals surface area contributed by atoms with Crippen LogP contribution in [0.5, 0.6) is 5.75 Å². The number of sulfone groups is 1. The van der Waals surface area contributed by atoms with Gasteiger partial charge in [-0.1, -0.05) is 18.2 Å². The number of ether oxygens (including phenoxy) is 1. The third kappa shape index (κ3) is 4.66. The molecule has 96 valence electrons. The highest BCUT2D eigenvalue weighted by molar-refractivity contribution is 7.90. The van der Waals surface area contributed by atoms with Gasteiger partial charge in [0.2, 0.25) is 0 Å². The summed E-state index contributed by atoms with van der Waals surface area (Å²) in [5, 5.41) is 9.65. The van der Waals surface area contributed by atoms with Crippen LogP contribution in [-0.4, -0.2) is 32.1 Å². The minimum atomic E-state index is -3.41. The van der Waals surface area contributed by atoms with Crippen molar-refractivity contribution in [1.82, 2.24) is 0 Å². The lowest BCUT2D eigenvalue weighted by atomic mass is 10.1. The molecule has 0 spiro atoms. The summed E-state index contributed by atoms with van der Waals surface area (Å²) in [6.07, 6.45) is -0.438. The second-order valence-electron chi connectivity index (χ2n) is 3.52. The summed E-state index contributed by atoms with van der Waals surface area (Å²) in [6, 6.07) is 5.54. The van der Waals surface area contributed by atoms with E-state index < -0.39 is 28.3 Å². The van der Waals surface area contributed by atoms with Gasteiger partial charge in [0, 0.05) is 11.8 Å². The van der Waals surface area contributed by atoms with Crippen LogP contribution in [0.25, 0.3) is 0 Å². The van der Waals surface area contributed by atoms with Gasteiger partial charge in [-0.3, -0.25) is 0 Å². The Hall–Kier alpha value is -1.21. The summed E-state index contributed by atoms with van der Waals surface area (Å²) in [5.41, 5.74) is 0.0261. The molecule has 0 fully saturated rings. The van der Waals surface area contributed by atoms with E-state index in [1.807, 2.05) is 0 Å². The molecule has 0 aromatic heterocycles. The molecule has 1 rings (SSSR count). The topological polar surface area (TPSA) is 63.6 Å². The van der Waals surface area contributed by atoms with Crippen LogP contribution < -0.4 is 4.74 Å². The summed E-state index contributed by atoms with van der Waals surface area (Å²) in [7, 11) is -3.41. The molecule has 17 heavy (non-hydrogen) atoms. The maximum absolute atomic E-state index is 12.1. The van der Waals surface area contributed by atoms with Crippen LogP contribution in [0.4, 0.5) is 8.78 Å². The Morgan fingerprint density at radius 1 is 1.35 bits per heavy atom. The Kier molecular flexibility index (Phi) is 4.41. The molecule has 0 radical (unpaired) electrons. The Morgan fingerprint density at radius 3 is 2.47 bits per heavy atom. The second-order valence-corrected chi connectivity index (χ2v) is 5.71. The number of halogens is 2. The van der Waals surface area contributed by atoms with E-state index >= 15 is 0 Å². The fourth-order valence-electron chi connectivity index (χ4n) is 1.34. The molecule has 1 aromatic rings.